The van der Waals surface area contributed by atoms with Gasteiger partial charge in [0.25, 0.3) is 11.8 Å². The third kappa shape index (κ3) is 6.35. The zero-order chi connectivity index (χ0) is 38.8. The maximum atomic E-state index is 14.1. The van der Waals surface area contributed by atoms with Gasteiger partial charge in [0.05, 0.1) is 29.1 Å². The highest BCUT2D eigenvalue weighted by molar-refractivity contribution is 6.23. The molecule has 0 bridgehead atoms. The number of rotatable bonds is 8. The minimum atomic E-state index is -0.973. The summed E-state index contributed by atoms with van der Waals surface area (Å²) in [6, 6.07) is 21.3. The monoisotopic (exact) mass is 768 g/mol. The van der Waals surface area contributed by atoms with Crippen LogP contribution in [0.2, 0.25) is 0 Å². The highest BCUT2D eigenvalue weighted by atomic mass is 19.1. The second-order valence-electron chi connectivity index (χ2n) is 15.6. The molecule has 5 aromatic rings. The molecule has 5 aliphatic heterocycles. The van der Waals surface area contributed by atoms with Gasteiger partial charge in [-0.3, -0.25) is 34.3 Å². The van der Waals surface area contributed by atoms with Crippen molar-refractivity contribution >= 4 is 46.6 Å². The molecule has 1 N–H and O–H groups in total. The van der Waals surface area contributed by atoms with Crippen LogP contribution in [-0.2, 0) is 9.59 Å². The van der Waals surface area contributed by atoms with Crippen molar-refractivity contribution < 1.29 is 23.6 Å². The number of nitrogens with zero attached hydrogens (tertiary/aromatic N) is 9. The van der Waals surface area contributed by atoms with Crippen LogP contribution < -0.4 is 20.0 Å². The molecule has 0 spiro atoms. The van der Waals surface area contributed by atoms with E-state index in [1.807, 2.05) is 47.1 Å². The van der Waals surface area contributed by atoms with E-state index >= 15 is 0 Å². The molecular formula is C42H41FN10O4. The van der Waals surface area contributed by atoms with Crippen molar-refractivity contribution in [2.75, 3.05) is 67.1 Å². The van der Waals surface area contributed by atoms with E-state index in [1.165, 1.54) is 6.07 Å². The zero-order valence-electron chi connectivity index (χ0n) is 31.3. The van der Waals surface area contributed by atoms with Crippen molar-refractivity contribution in [1.29, 1.82) is 0 Å². The summed E-state index contributed by atoms with van der Waals surface area (Å²) in [5.41, 5.74) is 4.79. The first-order valence-electron chi connectivity index (χ1n) is 19.7. The van der Waals surface area contributed by atoms with Gasteiger partial charge in [-0.25, -0.2) is 18.9 Å². The van der Waals surface area contributed by atoms with Gasteiger partial charge >= 0.3 is 0 Å². The van der Waals surface area contributed by atoms with Gasteiger partial charge < -0.3 is 14.7 Å². The van der Waals surface area contributed by atoms with Gasteiger partial charge in [0.15, 0.2) is 5.65 Å². The summed E-state index contributed by atoms with van der Waals surface area (Å²) < 4.78 is 16.0. The predicted octanol–water partition coefficient (Wildman–Crippen LogP) is 3.93. The SMILES string of the molecule is O=C1CCC(N2C(=O)c3ccc(N4CC(CN5CCN(c6cccc(-c7cnc8ccc(N9CCC[C@@H]9c9cccc(F)c9)nn78)n6)CC5)C4)cc3C2=O)C(=O)N1. The number of piperidine rings is 1. The summed E-state index contributed by atoms with van der Waals surface area (Å²) in [5.74, 6) is 0.0127. The molecule has 0 aliphatic carbocycles. The number of aromatic nitrogens is 4. The maximum Gasteiger partial charge on any atom is 0.262 e. The number of piperazine rings is 1. The number of pyridine rings is 1. The molecule has 3 aromatic heterocycles. The normalized spacial score (nSPS) is 21.8. The van der Waals surface area contributed by atoms with Gasteiger partial charge in [-0.1, -0.05) is 18.2 Å². The van der Waals surface area contributed by atoms with Crippen LogP contribution in [0.25, 0.3) is 17.0 Å². The van der Waals surface area contributed by atoms with Crippen LogP contribution in [0.4, 0.5) is 21.7 Å². The summed E-state index contributed by atoms with van der Waals surface area (Å²) in [6.07, 6.45) is 3.99. The third-order valence-electron chi connectivity index (χ3n) is 12.1. The summed E-state index contributed by atoms with van der Waals surface area (Å²) in [5, 5.41) is 7.27. The Morgan fingerprint density at radius 2 is 1.60 bits per heavy atom. The van der Waals surface area contributed by atoms with Crippen molar-refractivity contribution in [3.05, 3.63) is 102 Å². The summed E-state index contributed by atoms with van der Waals surface area (Å²) in [6.45, 7) is 7.04. The van der Waals surface area contributed by atoms with E-state index in [9.17, 15) is 23.6 Å². The molecule has 57 heavy (non-hydrogen) atoms. The van der Waals surface area contributed by atoms with Gasteiger partial charge in [-0.2, -0.15) is 0 Å². The molecule has 2 aromatic carbocycles. The molecule has 0 radical (unpaired) electrons. The van der Waals surface area contributed by atoms with Gasteiger partial charge in [-0.15, -0.1) is 5.10 Å². The average Bonchev–Trinajstić information content (AvgIpc) is 3.93. The fourth-order valence-corrected chi connectivity index (χ4v) is 9.11. The van der Waals surface area contributed by atoms with Gasteiger partial charge in [0.1, 0.15) is 29.2 Å². The Labute approximate surface area is 327 Å². The number of halogens is 1. The van der Waals surface area contributed by atoms with Gasteiger partial charge in [0.2, 0.25) is 11.8 Å². The van der Waals surface area contributed by atoms with E-state index in [0.717, 1.165) is 110 Å². The zero-order valence-corrected chi connectivity index (χ0v) is 31.3. The minimum absolute atomic E-state index is 0.0623. The number of hydrogen-bond acceptors (Lipinski definition) is 11. The van der Waals surface area contributed by atoms with Gasteiger partial charge in [-0.05, 0) is 79.4 Å². The second-order valence-corrected chi connectivity index (χ2v) is 15.6. The number of carbonyl (C=O) groups is 4. The largest absolute Gasteiger partial charge is 0.371 e. The third-order valence-corrected chi connectivity index (χ3v) is 12.1. The quantitative estimate of drug-likeness (QED) is 0.230. The number of fused-ring (bicyclic) bond motifs is 2. The number of hydrogen-bond donors (Lipinski definition) is 1. The maximum absolute atomic E-state index is 14.1. The van der Waals surface area contributed by atoms with Crippen LogP contribution in [0.3, 0.4) is 0 Å². The number of benzene rings is 2. The Hall–Kier alpha value is -6.22. The summed E-state index contributed by atoms with van der Waals surface area (Å²) in [7, 11) is 0. The van der Waals surface area contributed by atoms with Crippen LogP contribution in [0.15, 0.2) is 79.0 Å². The lowest BCUT2D eigenvalue weighted by Gasteiger charge is -2.45. The average molecular weight is 769 g/mol. The van der Waals surface area contributed by atoms with E-state index < -0.39 is 29.7 Å². The molecule has 8 heterocycles. The van der Waals surface area contributed by atoms with Crippen molar-refractivity contribution in [2.24, 2.45) is 5.92 Å². The van der Waals surface area contributed by atoms with Crippen LogP contribution in [-0.4, -0.2) is 111 Å². The first-order valence-corrected chi connectivity index (χ1v) is 19.7. The van der Waals surface area contributed by atoms with Crippen LogP contribution in [0.1, 0.15) is 58.0 Å². The van der Waals surface area contributed by atoms with E-state index in [-0.39, 0.29) is 24.7 Å². The number of anilines is 3. The number of imidazole rings is 1. The fourth-order valence-electron chi connectivity index (χ4n) is 9.11. The number of carbonyl (C=O) groups excluding carboxylic acids is 4. The molecule has 14 nitrogen and oxygen atoms in total. The van der Waals surface area contributed by atoms with E-state index in [1.54, 1.807) is 24.3 Å². The van der Waals surface area contributed by atoms with Crippen LogP contribution in [0.5, 0.6) is 0 Å². The van der Waals surface area contributed by atoms with Crippen molar-refractivity contribution in [2.45, 2.75) is 37.8 Å². The fraction of sp³-hybridized carbons (Fsp3) is 0.357. The van der Waals surface area contributed by atoms with Crippen molar-refractivity contribution in [1.82, 2.24) is 34.7 Å². The molecule has 2 atom stereocenters. The highest BCUT2D eigenvalue weighted by Gasteiger charge is 2.45. The topological polar surface area (TPSA) is 140 Å². The number of amides is 4. The van der Waals surface area contributed by atoms with Crippen LogP contribution >= 0.6 is 0 Å². The van der Waals surface area contributed by atoms with E-state index in [2.05, 4.69) is 36.0 Å². The van der Waals surface area contributed by atoms with E-state index in [4.69, 9.17) is 10.1 Å². The molecule has 15 heteroatoms. The lowest BCUT2D eigenvalue weighted by molar-refractivity contribution is -0.136. The lowest BCUT2D eigenvalue weighted by atomic mass is 9.97. The Balaban J connectivity index is 0.755. The Bertz CT molecular complexity index is 2440. The molecule has 4 fully saturated rings. The van der Waals surface area contributed by atoms with Crippen molar-refractivity contribution in [3.8, 4) is 11.4 Å². The standard InChI is InChI=1S/C42H41FN10O4/c43-28-5-1-4-27(20-28)33-7-3-15-51(33)38-13-12-36-44-22-35(53(36)47-38)32-6-2-8-37(45-32)49-18-16-48(17-19-49)23-26-24-50(25-26)29-9-10-30-31(21-29)42(57)52(41(30)56)34-11-14-39(54)46-40(34)55/h1-2,4-6,8-10,12-13,20-22,26,33-34H,3,7,11,14-19,23-25H2,(H,46,54,55)/t33-,34?/m1/s1. The Morgan fingerprint density at radius 1 is 0.772 bits per heavy atom. The van der Waals surface area contributed by atoms with Gasteiger partial charge in [0, 0.05) is 70.4 Å². The highest BCUT2D eigenvalue weighted by Crippen LogP contribution is 2.37. The molecule has 0 saturated carbocycles. The first-order chi connectivity index (χ1) is 27.8. The number of nitrogens with one attached hydrogen (secondary N) is 1. The Morgan fingerprint density at radius 3 is 2.42 bits per heavy atom. The minimum Gasteiger partial charge on any atom is -0.371 e. The lowest BCUT2D eigenvalue weighted by Crippen LogP contribution is -2.55. The molecule has 4 amide bonds. The smallest absolute Gasteiger partial charge is 0.262 e. The molecule has 1 unspecified atom stereocenters. The molecule has 5 aliphatic rings. The molecular weight excluding hydrogens is 728 g/mol. The van der Waals surface area contributed by atoms with Crippen LogP contribution in [0, 0.1) is 11.7 Å². The van der Waals surface area contributed by atoms with E-state index in [0.29, 0.717) is 17.0 Å². The number of imide groups is 2. The van der Waals surface area contributed by atoms with Crippen molar-refractivity contribution in [3.63, 3.8) is 0 Å². The summed E-state index contributed by atoms with van der Waals surface area (Å²) >= 11 is 0. The summed E-state index contributed by atoms with van der Waals surface area (Å²) in [4.78, 5) is 70.5. The molecule has 290 valence electrons. The predicted molar refractivity (Wildman–Crippen MR) is 209 cm³/mol. The molecule has 4 saturated heterocycles. The Kier molecular flexibility index (Phi) is 8.69. The second kappa shape index (κ2) is 14.1. The first kappa shape index (κ1) is 35.2. The molecule has 10 rings (SSSR count).